The summed E-state index contributed by atoms with van der Waals surface area (Å²) in [4.78, 5) is 20.9. The molecule has 1 aromatic heterocycles. The minimum Gasteiger partial charge on any atom is -0.495 e. The van der Waals surface area contributed by atoms with Gasteiger partial charge in [0.1, 0.15) is 23.7 Å². The van der Waals surface area contributed by atoms with Gasteiger partial charge in [-0.3, -0.25) is 10.2 Å². The molecule has 9 nitrogen and oxygen atoms in total. The Hall–Kier alpha value is -4.19. The number of ether oxygens (including phenoxy) is 1. The Morgan fingerprint density at radius 1 is 1.16 bits per heavy atom. The summed E-state index contributed by atoms with van der Waals surface area (Å²) >= 11 is 0. The maximum absolute atomic E-state index is 12.8. The van der Waals surface area contributed by atoms with Gasteiger partial charge in [-0.2, -0.15) is 13.2 Å². The maximum atomic E-state index is 12.8. The van der Waals surface area contributed by atoms with Crippen LogP contribution < -0.4 is 26.8 Å². The van der Waals surface area contributed by atoms with E-state index in [9.17, 15) is 18.0 Å². The van der Waals surface area contributed by atoms with Gasteiger partial charge in [0.25, 0.3) is 5.91 Å². The predicted molar refractivity (Wildman–Crippen MR) is 135 cm³/mol. The molecule has 12 heteroatoms. The molecule has 37 heavy (non-hydrogen) atoms. The van der Waals surface area contributed by atoms with E-state index < -0.39 is 17.6 Å². The SMILES string of the molecule is CCC(CC[NH3+])Nc1ncnc(N)c1C(=N)c1ccc(NC(=O)c2ccc(C(F)(F)F)cc2)c(OC)c1. The molecule has 0 aliphatic rings. The summed E-state index contributed by atoms with van der Waals surface area (Å²) < 4.78 is 43.8. The molecule has 3 aromatic rings. The van der Waals surface area contributed by atoms with Gasteiger partial charge in [0.05, 0.1) is 36.2 Å². The number of rotatable bonds is 10. The first kappa shape index (κ1) is 27.4. The van der Waals surface area contributed by atoms with Crippen LogP contribution in [0.25, 0.3) is 0 Å². The molecule has 0 fully saturated rings. The zero-order valence-electron chi connectivity index (χ0n) is 20.4. The predicted octanol–water partition coefficient (Wildman–Crippen LogP) is 3.58. The van der Waals surface area contributed by atoms with Crippen molar-refractivity contribution in [2.24, 2.45) is 0 Å². The molecule has 8 N–H and O–H groups in total. The number of methoxy groups -OCH3 is 1. The van der Waals surface area contributed by atoms with Crippen LogP contribution in [0, 0.1) is 5.41 Å². The number of benzene rings is 2. The maximum Gasteiger partial charge on any atom is 0.416 e. The van der Waals surface area contributed by atoms with Crippen LogP contribution in [0.15, 0.2) is 48.8 Å². The number of nitrogen functional groups attached to an aromatic ring is 1. The number of carbonyl (C=O) groups excluding carboxylic acids is 1. The smallest absolute Gasteiger partial charge is 0.416 e. The van der Waals surface area contributed by atoms with Crippen molar-refractivity contribution in [1.29, 1.82) is 5.41 Å². The average molecular weight is 517 g/mol. The van der Waals surface area contributed by atoms with Gasteiger partial charge in [0.15, 0.2) is 0 Å². The zero-order chi connectivity index (χ0) is 27.2. The highest BCUT2D eigenvalue weighted by atomic mass is 19.4. The number of nitrogens with zero attached hydrogens (tertiary/aromatic N) is 2. The van der Waals surface area contributed by atoms with E-state index in [1.807, 2.05) is 6.92 Å². The van der Waals surface area contributed by atoms with Crippen molar-refractivity contribution in [3.8, 4) is 5.75 Å². The highest BCUT2D eigenvalue weighted by Crippen LogP contribution is 2.31. The molecule has 1 amide bonds. The lowest BCUT2D eigenvalue weighted by Crippen LogP contribution is -2.51. The topological polar surface area (TPSA) is 154 Å². The fraction of sp³-hybridized carbons (Fsp3) is 0.280. The molecule has 0 aliphatic carbocycles. The lowest BCUT2D eigenvalue weighted by molar-refractivity contribution is -0.368. The lowest BCUT2D eigenvalue weighted by atomic mass is 10.0. The zero-order valence-corrected chi connectivity index (χ0v) is 20.4. The first-order valence-electron chi connectivity index (χ1n) is 11.5. The van der Waals surface area contributed by atoms with Crippen molar-refractivity contribution in [3.05, 3.63) is 71.0 Å². The summed E-state index contributed by atoms with van der Waals surface area (Å²) in [5.41, 5.74) is 10.3. The van der Waals surface area contributed by atoms with E-state index in [4.69, 9.17) is 15.9 Å². The van der Waals surface area contributed by atoms with Gasteiger partial charge in [-0.1, -0.05) is 13.0 Å². The molecule has 196 valence electrons. The molecule has 1 unspecified atom stereocenters. The first-order valence-corrected chi connectivity index (χ1v) is 11.5. The summed E-state index contributed by atoms with van der Waals surface area (Å²) in [5, 5.41) is 14.7. The number of carbonyl (C=O) groups is 1. The Balaban J connectivity index is 1.86. The second kappa shape index (κ2) is 11.7. The van der Waals surface area contributed by atoms with Gasteiger partial charge in [-0.15, -0.1) is 0 Å². The lowest BCUT2D eigenvalue weighted by Gasteiger charge is -2.19. The monoisotopic (exact) mass is 516 g/mol. The molecular weight excluding hydrogens is 487 g/mol. The molecule has 0 spiro atoms. The molecule has 1 heterocycles. The van der Waals surface area contributed by atoms with Crippen LogP contribution in [0.4, 0.5) is 30.5 Å². The van der Waals surface area contributed by atoms with Gasteiger partial charge in [0.2, 0.25) is 0 Å². The molecule has 0 saturated carbocycles. The van der Waals surface area contributed by atoms with Gasteiger partial charge < -0.3 is 26.8 Å². The molecule has 0 aliphatic heterocycles. The summed E-state index contributed by atoms with van der Waals surface area (Å²) in [7, 11) is 1.40. The van der Waals surface area contributed by atoms with E-state index >= 15 is 0 Å². The average Bonchev–Trinajstić information content (AvgIpc) is 2.88. The summed E-state index contributed by atoms with van der Waals surface area (Å²) in [5.74, 6) is 0.191. The normalized spacial score (nSPS) is 12.1. The fourth-order valence-corrected chi connectivity index (χ4v) is 3.67. The first-order chi connectivity index (χ1) is 17.6. The Bertz CT molecular complexity index is 1260. The number of nitrogens with two attached hydrogens (primary N) is 1. The molecule has 2 aromatic carbocycles. The van der Waals surface area contributed by atoms with Crippen molar-refractivity contribution < 1.29 is 28.4 Å². The number of alkyl halides is 3. The molecular formula is C25H29F3N7O2+. The third kappa shape index (κ3) is 6.53. The van der Waals surface area contributed by atoms with E-state index in [0.29, 0.717) is 16.9 Å². The van der Waals surface area contributed by atoms with E-state index in [1.165, 1.54) is 19.5 Å². The number of anilines is 3. The van der Waals surface area contributed by atoms with Crippen LogP contribution in [0.1, 0.15) is 46.8 Å². The van der Waals surface area contributed by atoms with Crippen molar-refractivity contribution >= 4 is 28.9 Å². The highest BCUT2D eigenvalue weighted by Gasteiger charge is 2.30. The Morgan fingerprint density at radius 3 is 2.43 bits per heavy atom. The van der Waals surface area contributed by atoms with E-state index in [0.717, 1.165) is 43.7 Å². The number of amides is 1. The molecule has 1 atom stereocenters. The van der Waals surface area contributed by atoms with Gasteiger partial charge in [0, 0.05) is 23.6 Å². The van der Waals surface area contributed by atoms with Crippen molar-refractivity contribution in [2.75, 3.05) is 30.0 Å². The summed E-state index contributed by atoms with van der Waals surface area (Å²) in [6, 6.07) is 8.65. The number of hydrogen-bond acceptors (Lipinski definition) is 7. The second-order valence-corrected chi connectivity index (χ2v) is 8.19. The Labute approximate surface area is 212 Å². The highest BCUT2D eigenvalue weighted by molar-refractivity contribution is 6.16. The Kier molecular flexibility index (Phi) is 8.66. The molecule has 0 radical (unpaired) electrons. The largest absolute Gasteiger partial charge is 0.495 e. The van der Waals surface area contributed by atoms with E-state index in [2.05, 4.69) is 26.3 Å². The minimum absolute atomic E-state index is 0.0454. The van der Waals surface area contributed by atoms with E-state index in [1.54, 1.807) is 12.1 Å². The molecule has 0 saturated heterocycles. The molecule has 0 bridgehead atoms. The summed E-state index contributed by atoms with van der Waals surface area (Å²) in [6.07, 6.45) is -1.53. The van der Waals surface area contributed by atoms with Crippen LogP contribution in [0.2, 0.25) is 0 Å². The van der Waals surface area contributed by atoms with Gasteiger partial charge in [-0.05, 0) is 42.8 Å². The third-order valence-corrected chi connectivity index (χ3v) is 5.73. The quantitative estimate of drug-likeness (QED) is 0.260. The van der Waals surface area contributed by atoms with Crippen LogP contribution in [0.3, 0.4) is 0 Å². The Morgan fingerprint density at radius 2 is 1.84 bits per heavy atom. The summed E-state index contributed by atoms with van der Waals surface area (Å²) in [6.45, 7) is 2.77. The standard InChI is InChI=1S/C25H28F3N7O2/c1-3-17(10-11-29)34-23-20(22(31)32-13-33-23)21(30)15-6-9-18(19(12-15)37-2)35-24(36)14-4-7-16(8-5-14)25(26,27)28/h4-9,12-13,17,30H,3,10-11,29H2,1-2H3,(H,35,36)(H3,31,32,33,34)/p+1. The van der Waals surface area contributed by atoms with Gasteiger partial charge in [-0.25, -0.2) is 9.97 Å². The number of hydrogen-bond donors (Lipinski definition) is 5. The van der Waals surface area contributed by atoms with Crippen LogP contribution >= 0.6 is 0 Å². The number of aromatic nitrogens is 2. The van der Waals surface area contributed by atoms with Crippen LogP contribution in [-0.2, 0) is 6.18 Å². The van der Waals surface area contributed by atoms with Crippen LogP contribution in [0.5, 0.6) is 5.75 Å². The fourth-order valence-electron chi connectivity index (χ4n) is 3.67. The van der Waals surface area contributed by atoms with Crippen molar-refractivity contribution in [3.63, 3.8) is 0 Å². The molecule has 3 rings (SSSR count). The van der Waals surface area contributed by atoms with E-state index in [-0.39, 0.29) is 34.6 Å². The third-order valence-electron chi connectivity index (χ3n) is 5.73. The van der Waals surface area contributed by atoms with Crippen LogP contribution in [-0.4, -0.2) is 41.3 Å². The van der Waals surface area contributed by atoms with Gasteiger partial charge >= 0.3 is 6.18 Å². The number of halogens is 3. The minimum atomic E-state index is -4.49. The van der Waals surface area contributed by atoms with Crippen molar-refractivity contribution in [1.82, 2.24) is 9.97 Å². The van der Waals surface area contributed by atoms with Crippen molar-refractivity contribution in [2.45, 2.75) is 32.0 Å². The number of nitrogens with one attached hydrogen (secondary N) is 3. The second-order valence-electron chi connectivity index (χ2n) is 8.19. The number of quaternary nitrogens is 1.